The third kappa shape index (κ3) is 7.73. The number of aromatic nitrogens is 2. The second-order valence-electron chi connectivity index (χ2n) is 6.01. The van der Waals surface area contributed by atoms with Gasteiger partial charge in [0.05, 0.1) is 20.1 Å². The molecule has 1 saturated heterocycles. The smallest absolute Gasteiger partial charge is 0.469 e. The van der Waals surface area contributed by atoms with Crippen LogP contribution in [0.3, 0.4) is 0 Å². The third-order valence-electron chi connectivity index (χ3n) is 3.81. The van der Waals surface area contributed by atoms with Crippen molar-refractivity contribution in [2.24, 2.45) is 0 Å². The fourth-order valence-electron chi connectivity index (χ4n) is 2.43. The van der Waals surface area contributed by atoms with Gasteiger partial charge in [-0.05, 0) is 6.07 Å². The molecule has 2 heterocycles. The number of carbonyl (C=O) groups is 1. The Morgan fingerprint density at radius 3 is 2.55 bits per heavy atom. The Labute approximate surface area is 178 Å². The van der Waals surface area contributed by atoms with Crippen molar-refractivity contribution in [3.05, 3.63) is 22.7 Å². The van der Waals surface area contributed by atoms with Gasteiger partial charge in [-0.1, -0.05) is 0 Å². The van der Waals surface area contributed by atoms with Crippen molar-refractivity contribution in [2.75, 3.05) is 19.5 Å². The number of carbonyl (C=O) groups excluding carboxylic acids is 1. The van der Waals surface area contributed by atoms with Gasteiger partial charge in [-0.2, -0.15) is 9.29 Å². The van der Waals surface area contributed by atoms with Crippen LogP contribution in [0.2, 0.25) is 0 Å². The Bertz CT molecular complexity index is 936. The van der Waals surface area contributed by atoms with Crippen molar-refractivity contribution in [3.63, 3.8) is 0 Å². The number of ether oxygens (including phenoxy) is 2. The molecule has 1 aliphatic rings. The summed E-state index contributed by atoms with van der Waals surface area (Å²) in [6.07, 6.45) is -4.88. The Morgan fingerprint density at radius 1 is 1.29 bits per heavy atom. The van der Waals surface area contributed by atoms with Crippen LogP contribution in [0, 0.1) is 0 Å². The Kier molecular flexibility index (Phi) is 8.95. The summed E-state index contributed by atoms with van der Waals surface area (Å²) in [7, 11) is -9.28. The molecule has 2 rings (SSSR count). The molecular weight excluding hydrogens is 486 g/mol. The number of phosphoric ester groups is 1. The lowest BCUT2D eigenvalue weighted by Crippen LogP contribution is -2.36. The number of aliphatic hydroxyl groups excluding tert-OH is 2. The summed E-state index contributed by atoms with van der Waals surface area (Å²) in [5, 5.41) is 20.5. The first kappa shape index (κ1) is 26.1. The number of hydrogen-bond donors (Lipinski definition) is 5. The highest BCUT2D eigenvalue weighted by atomic mass is 32.2. The third-order valence-corrected chi connectivity index (χ3v) is 6.89. The zero-order chi connectivity index (χ0) is 23.4. The van der Waals surface area contributed by atoms with E-state index in [0.29, 0.717) is 5.75 Å². The summed E-state index contributed by atoms with van der Waals surface area (Å²) < 4.78 is 40.8. The Balaban J connectivity index is 2.02. The van der Waals surface area contributed by atoms with E-state index >= 15 is 0 Å². The number of rotatable bonds is 10. The number of methoxy groups -OCH3 is 1. The predicted molar refractivity (Wildman–Crippen MR) is 101 cm³/mol. The fraction of sp³-hybridized carbons (Fsp3) is 0.615. The summed E-state index contributed by atoms with van der Waals surface area (Å²) in [5.41, 5.74) is -0.849. The molecule has 1 aromatic heterocycles. The molecule has 0 spiro atoms. The molecule has 176 valence electrons. The normalized spacial score (nSPS) is 25.9. The molecule has 5 atom stereocenters. The van der Waals surface area contributed by atoms with E-state index in [1.807, 2.05) is 0 Å². The molecule has 0 bridgehead atoms. The van der Waals surface area contributed by atoms with Gasteiger partial charge >= 0.3 is 27.3 Å². The van der Waals surface area contributed by atoms with Crippen molar-refractivity contribution in [3.8, 4) is 0 Å². The van der Waals surface area contributed by atoms with Crippen LogP contribution >= 0.6 is 27.4 Å². The van der Waals surface area contributed by atoms with Crippen LogP contribution in [-0.4, -0.2) is 78.2 Å². The SMILES string of the molecule is COC(=O)CCSc1ccn([C@@H]2O[C@H](COP(=O)(O)OP(=O)(O)O)[C@@H](O)[C@H]2O)c(=O)n1. The second kappa shape index (κ2) is 10.6. The molecule has 1 unspecified atom stereocenters. The molecule has 0 aliphatic carbocycles. The topological polar surface area (TPSA) is 224 Å². The molecule has 1 fully saturated rings. The first-order valence-corrected chi connectivity index (χ1v) is 12.4. The summed E-state index contributed by atoms with van der Waals surface area (Å²) in [5.74, 6) is -0.119. The standard InChI is InChI=1S/C13H20N2O13P2S/c1-25-9(16)3-5-31-8-2-4-15(13(19)14-8)12-11(18)10(17)7(27-12)6-26-30(23,24)28-29(20,21)22/h2,4,7,10-12,17-18H,3,5-6H2,1H3,(H,23,24)(H2,20,21,22)/t7-,10-,11-,12-/m1/s1. The van der Waals surface area contributed by atoms with Gasteiger partial charge in [-0.3, -0.25) is 13.9 Å². The first-order chi connectivity index (χ1) is 14.3. The number of esters is 1. The van der Waals surface area contributed by atoms with E-state index in [1.165, 1.54) is 19.4 Å². The number of thioether (sulfide) groups is 1. The maximum atomic E-state index is 12.3. The van der Waals surface area contributed by atoms with E-state index in [0.717, 1.165) is 16.3 Å². The van der Waals surface area contributed by atoms with E-state index in [-0.39, 0.29) is 11.4 Å². The van der Waals surface area contributed by atoms with E-state index in [2.05, 4.69) is 18.6 Å². The minimum absolute atomic E-state index is 0.102. The molecule has 15 nitrogen and oxygen atoms in total. The average Bonchev–Trinajstić information content (AvgIpc) is 2.93. The number of hydrogen-bond acceptors (Lipinski definition) is 12. The summed E-state index contributed by atoms with van der Waals surface area (Å²) >= 11 is 1.11. The van der Waals surface area contributed by atoms with Gasteiger partial charge in [-0.15, -0.1) is 11.8 Å². The van der Waals surface area contributed by atoms with Crippen LogP contribution in [0.4, 0.5) is 0 Å². The maximum Gasteiger partial charge on any atom is 0.481 e. The molecular formula is C13H20N2O13P2S. The zero-order valence-electron chi connectivity index (χ0n) is 15.8. The number of aliphatic hydroxyl groups is 2. The van der Waals surface area contributed by atoms with E-state index < -0.39 is 58.5 Å². The van der Waals surface area contributed by atoms with E-state index in [9.17, 15) is 33.8 Å². The molecule has 1 aromatic rings. The largest absolute Gasteiger partial charge is 0.481 e. The van der Waals surface area contributed by atoms with Gasteiger partial charge in [0.1, 0.15) is 23.3 Å². The van der Waals surface area contributed by atoms with Gasteiger partial charge in [0.2, 0.25) is 0 Å². The molecule has 0 aromatic carbocycles. The summed E-state index contributed by atoms with van der Waals surface area (Å²) in [6.45, 7) is -0.897. The van der Waals surface area contributed by atoms with Crippen LogP contribution in [0.1, 0.15) is 12.6 Å². The van der Waals surface area contributed by atoms with Crippen molar-refractivity contribution in [2.45, 2.75) is 36.0 Å². The van der Waals surface area contributed by atoms with E-state index in [4.69, 9.17) is 14.5 Å². The molecule has 18 heteroatoms. The summed E-state index contributed by atoms with van der Waals surface area (Å²) in [4.78, 5) is 53.5. The van der Waals surface area contributed by atoms with Gasteiger partial charge < -0.3 is 34.4 Å². The molecule has 0 saturated carbocycles. The first-order valence-electron chi connectivity index (χ1n) is 8.37. The summed E-state index contributed by atoms with van der Waals surface area (Å²) in [6, 6.07) is 1.41. The van der Waals surface area contributed by atoms with Crippen molar-refractivity contribution >= 4 is 33.4 Å². The molecule has 5 N–H and O–H groups in total. The monoisotopic (exact) mass is 506 g/mol. The second-order valence-corrected chi connectivity index (χ2v) is 9.96. The highest BCUT2D eigenvalue weighted by Crippen LogP contribution is 2.57. The lowest BCUT2D eigenvalue weighted by atomic mass is 10.1. The highest BCUT2D eigenvalue weighted by molar-refractivity contribution is 7.99. The molecule has 31 heavy (non-hydrogen) atoms. The van der Waals surface area contributed by atoms with Crippen LogP contribution in [-0.2, 0) is 32.2 Å². The van der Waals surface area contributed by atoms with E-state index in [1.54, 1.807) is 0 Å². The number of phosphoric acid groups is 2. The van der Waals surface area contributed by atoms with Gasteiger partial charge in [0.15, 0.2) is 6.23 Å². The maximum absolute atomic E-state index is 12.3. The lowest BCUT2D eigenvalue weighted by Gasteiger charge is -2.18. The van der Waals surface area contributed by atoms with Crippen molar-refractivity contribution in [1.29, 1.82) is 0 Å². The van der Waals surface area contributed by atoms with Crippen LogP contribution in [0.5, 0.6) is 0 Å². The quantitative estimate of drug-likeness (QED) is 0.108. The predicted octanol–water partition coefficient (Wildman–Crippen LogP) is -1.26. The number of nitrogens with zero attached hydrogens (tertiary/aromatic N) is 2. The minimum Gasteiger partial charge on any atom is -0.469 e. The van der Waals surface area contributed by atoms with Gasteiger partial charge in [0, 0.05) is 11.9 Å². The van der Waals surface area contributed by atoms with Crippen molar-refractivity contribution < 1.29 is 57.1 Å². The Hall–Kier alpha value is -1.16. The van der Waals surface area contributed by atoms with Crippen LogP contribution in [0.25, 0.3) is 0 Å². The fourth-order valence-corrected chi connectivity index (χ4v) is 4.81. The van der Waals surface area contributed by atoms with Crippen LogP contribution in [0.15, 0.2) is 22.1 Å². The average molecular weight is 506 g/mol. The Morgan fingerprint density at radius 2 is 1.97 bits per heavy atom. The lowest BCUT2D eigenvalue weighted by molar-refractivity contribution is -0.140. The van der Waals surface area contributed by atoms with Crippen molar-refractivity contribution in [1.82, 2.24) is 9.55 Å². The molecule has 1 aliphatic heterocycles. The van der Waals surface area contributed by atoms with Gasteiger partial charge in [0.25, 0.3) is 0 Å². The molecule has 0 amide bonds. The van der Waals surface area contributed by atoms with Crippen LogP contribution < -0.4 is 5.69 Å². The molecule has 0 radical (unpaired) electrons. The highest BCUT2D eigenvalue weighted by Gasteiger charge is 2.45. The zero-order valence-corrected chi connectivity index (χ0v) is 18.4. The minimum atomic E-state index is -5.34. The van der Waals surface area contributed by atoms with Gasteiger partial charge in [-0.25, -0.2) is 13.9 Å².